The minimum Gasteiger partial charge on any atom is -0.455 e. The van der Waals surface area contributed by atoms with E-state index >= 15 is 0 Å². The van der Waals surface area contributed by atoms with E-state index in [0.717, 1.165) is 0 Å². The maximum atomic E-state index is 14.2. The molecule has 1 unspecified atom stereocenters. The summed E-state index contributed by atoms with van der Waals surface area (Å²) in [7, 11) is 0. The first kappa shape index (κ1) is 17.9. The zero-order valence-corrected chi connectivity index (χ0v) is 13.0. The maximum Gasteiger partial charge on any atom is 0.267 e. The van der Waals surface area contributed by atoms with E-state index in [1.807, 2.05) is 0 Å². The highest BCUT2D eigenvalue weighted by Crippen LogP contribution is 2.33. The zero-order chi connectivity index (χ0) is 18.2. The van der Waals surface area contributed by atoms with Crippen LogP contribution in [0.25, 0.3) is 0 Å². The van der Waals surface area contributed by atoms with Crippen molar-refractivity contribution in [3.05, 3.63) is 63.7 Å². The lowest BCUT2D eigenvalue weighted by molar-refractivity contribution is 0.0608. The first-order valence-electron chi connectivity index (χ1n) is 6.89. The molecule has 0 radical (unpaired) electrons. The first-order chi connectivity index (χ1) is 11.1. The van der Waals surface area contributed by atoms with Gasteiger partial charge in [0.15, 0.2) is 29.1 Å². The molecule has 1 atom stereocenters. The Labute approximate surface area is 134 Å². The molecular weight excluding hydrogens is 331 g/mol. The zero-order valence-electron chi connectivity index (χ0n) is 13.0. The predicted molar refractivity (Wildman–Crippen MR) is 76.7 cm³/mol. The minimum atomic E-state index is -2.56. The van der Waals surface area contributed by atoms with Crippen LogP contribution in [0.2, 0.25) is 0 Å². The summed E-state index contributed by atoms with van der Waals surface area (Å²) in [6, 6.07) is 3.09. The largest absolute Gasteiger partial charge is 0.455 e. The maximum absolute atomic E-state index is 14.2. The fourth-order valence-electron chi connectivity index (χ4n) is 2.26. The smallest absolute Gasteiger partial charge is 0.267 e. The van der Waals surface area contributed by atoms with E-state index in [-0.39, 0.29) is 17.6 Å². The van der Waals surface area contributed by atoms with Gasteiger partial charge < -0.3 is 4.74 Å². The molecule has 0 spiro atoms. The summed E-state index contributed by atoms with van der Waals surface area (Å²) in [6.45, 7) is 4.42. The third kappa shape index (κ3) is 3.25. The van der Waals surface area contributed by atoms with Gasteiger partial charge in [0.2, 0.25) is 0 Å². The van der Waals surface area contributed by atoms with Crippen molar-refractivity contribution in [2.45, 2.75) is 27.1 Å². The Balaban J connectivity index is 2.41. The van der Waals surface area contributed by atoms with E-state index in [0.29, 0.717) is 16.7 Å². The second-order valence-corrected chi connectivity index (χ2v) is 5.32. The van der Waals surface area contributed by atoms with Crippen molar-refractivity contribution >= 4 is 5.78 Å². The number of carbonyl (C=O) groups excluding carboxylic acids is 1. The van der Waals surface area contributed by atoms with Crippen molar-refractivity contribution < 1.29 is 31.5 Å². The SMILES string of the molecule is CC(=O)c1cc(C)c(OC(F)c2cc(F)c(F)c(F)c2F)c(C)c1. The Bertz CT molecular complexity index is 794. The molecule has 2 aromatic rings. The van der Waals surface area contributed by atoms with Crippen LogP contribution in [-0.2, 0) is 0 Å². The summed E-state index contributed by atoms with van der Waals surface area (Å²) in [5, 5.41) is 0. The van der Waals surface area contributed by atoms with E-state index in [1.165, 1.54) is 32.9 Å². The van der Waals surface area contributed by atoms with Gasteiger partial charge in [-0.25, -0.2) is 17.6 Å². The highest BCUT2D eigenvalue weighted by molar-refractivity contribution is 5.94. The molecule has 0 aliphatic carbocycles. The van der Waals surface area contributed by atoms with Crippen molar-refractivity contribution in [2.75, 3.05) is 0 Å². The average molecular weight is 344 g/mol. The number of ether oxygens (including phenoxy) is 1. The van der Waals surface area contributed by atoms with Crippen molar-refractivity contribution in [1.82, 2.24) is 0 Å². The Morgan fingerprint density at radius 2 is 1.50 bits per heavy atom. The van der Waals surface area contributed by atoms with E-state index in [1.54, 1.807) is 0 Å². The van der Waals surface area contributed by atoms with Gasteiger partial charge in [0.25, 0.3) is 6.36 Å². The summed E-state index contributed by atoms with van der Waals surface area (Å²) in [5.41, 5.74) is 0.0382. The molecule has 0 saturated carbocycles. The Morgan fingerprint density at radius 1 is 0.958 bits per heavy atom. The molecular formula is C17H13F5O2. The van der Waals surface area contributed by atoms with Crippen LogP contribution in [0.1, 0.15) is 40.3 Å². The van der Waals surface area contributed by atoms with E-state index < -0.39 is 35.2 Å². The molecule has 0 bridgehead atoms. The van der Waals surface area contributed by atoms with Crippen LogP contribution in [0.15, 0.2) is 18.2 Å². The monoisotopic (exact) mass is 344 g/mol. The summed E-state index contributed by atoms with van der Waals surface area (Å²) in [5.74, 6) is -7.94. The summed E-state index contributed by atoms with van der Waals surface area (Å²) >= 11 is 0. The van der Waals surface area contributed by atoms with Crippen molar-refractivity contribution in [3.8, 4) is 5.75 Å². The molecule has 2 aromatic carbocycles. The number of hydrogen-bond donors (Lipinski definition) is 0. The number of halogens is 5. The number of alkyl halides is 1. The Morgan fingerprint density at radius 3 is 2.00 bits per heavy atom. The van der Waals surface area contributed by atoms with Gasteiger partial charge in [0.1, 0.15) is 5.75 Å². The van der Waals surface area contributed by atoms with Crippen LogP contribution >= 0.6 is 0 Å². The molecule has 2 rings (SSSR count). The van der Waals surface area contributed by atoms with E-state index in [4.69, 9.17) is 4.74 Å². The molecule has 24 heavy (non-hydrogen) atoms. The Kier molecular flexibility index (Phi) is 4.91. The van der Waals surface area contributed by atoms with Crippen LogP contribution in [0.3, 0.4) is 0 Å². The third-order valence-electron chi connectivity index (χ3n) is 3.46. The topological polar surface area (TPSA) is 26.3 Å². The molecule has 0 saturated heterocycles. The van der Waals surface area contributed by atoms with Crippen molar-refractivity contribution in [1.29, 1.82) is 0 Å². The van der Waals surface area contributed by atoms with Crippen LogP contribution in [0.5, 0.6) is 5.75 Å². The standard InChI is InChI=1S/C17H13F5O2/c1-7-4-10(9(3)23)5-8(2)16(7)24-17(22)11-6-12(18)14(20)15(21)13(11)19/h4-6,17H,1-3H3. The quantitative estimate of drug-likeness (QED) is 0.333. The van der Waals surface area contributed by atoms with Crippen molar-refractivity contribution in [3.63, 3.8) is 0 Å². The molecule has 0 N–H and O–H groups in total. The fourth-order valence-corrected chi connectivity index (χ4v) is 2.26. The predicted octanol–water partition coefficient (Wildman–Crippen LogP) is 5.11. The molecule has 128 valence electrons. The molecule has 0 aliphatic heterocycles. The molecule has 0 heterocycles. The lowest BCUT2D eigenvalue weighted by Crippen LogP contribution is -2.10. The minimum absolute atomic E-state index is 0.00274. The highest BCUT2D eigenvalue weighted by atomic mass is 19.2. The second kappa shape index (κ2) is 6.59. The van der Waals surface area contributed by atoms with Gasteiger partial charge >= 0.3 is 0 Å². The van der Waals surface area contributed by atoms with Gasteiger partial charge in [0, 0.05) is 5.56 Å². The van der Waals surface area contributed by atoms with Gasteiger partial charge in [-0.15, -0.1) is 0 Å². The highest BCUT2D eigenvalue weighted by Gasteiger charge is 2.26. The number of rotatable bonds is 4. The summed E-state index contributed by atoms with van der Waals surface area (Å²) < 4.78 is 72.1. The number of benzene rings is 2. The molecule has 0 aromatic heterocycles. The molecule has 0 aliphatic rings. The molecule has 7 heteroatoms. The van der Waals surface area contributed by atoms with Crippen molar-refractivity contribution in [2.24, 2.45) is 0 Å². The number of hydrogen-bond acceptors (Lipinski definition) is 2. The second-order valence-electron chi connectivity index (χ2n) is 5.32. The summed E-state index contributed by atoms with van der Waals surface area (Å²) in [6.07, 6.45) is -2.56. The van der Waals surface area contributed by atoms with Gasteiger partial charge in [-0.2, -0.15) is 4.39 Å². The van der Waals surface area contributed by atoms with Crippen LogP contribution in [0.4, 0.5) is 22.0 Å². The Hall–Kier alpha value is -2.44. The number of aryl methyl sites for hydroxylation is 2. The van der Waals surface area contributed by atoms with Gasteiger partial charge in [-0.05, 0) is 50.1 Å². The third-order valence-corrected chi connectivity index (χ3v) is 3.46. The lowest BCUT2D eigenvalue weighted by atomic mass is 10.0. The van der Waals surface area contributed by atoms with Crippen LogP contribution < -0.4 is 4.74 Å². The molecule has 0 fully saturated rings. The van der Waals surface area contributed by atoms with Crippen LogP contribution in [-0.4, -0.2) is 5.78 Å². The normalized spacial score (nSPS) is 12.2. The number of carbonyl (C=O) groups is 1. The fraction of sp³-hybridized carbons (Fsp3) is 0.235. The molecule has 2 nitrogen and oxygen atoms in total. The van der Waals surface area contributed by atoms with E-state index in [9.17, 15) is 26.7 Å². The lowest BCUT2D eigenvalue weighted by Gasteiger charge is -2.17. The number of Topliss-reactive ketones (excluding diaryl/α,β-unsaturated/α-hetero) is 1. The molecule has 0 amide bonds. The van der Waals surface area contributed by atoms with Gasteiger partial charge in [-0.1, -0.05) is 0 Å². The first-order valence-corrected chi connectivity index (χ1v) is 6.89. The van der Waals surface area contributed by atoms with Gasteiger partial charge in [-0.3, -0.25) is 4.79 Å². The van der Waals surface area contributed by atoms with E-state index in [2.05, 4.69) is 0 Å². The van der Waals surface area contributed by atoms with Gasteiger partial charge in [0.05, 0.1) is 5.56 Å². The average Bonchev–Trinajstić information content (AvgIpc) is 2.51. The summed E-state index contributed by atoms with van der Waals surface area (Å²) in [4.78, 5) is 11.4. The number of ketones is 1. The van der Waals surface area contributed by atoms with Crippen LogP contribution in [0, 0.1) is 37.1 Å².